The van der Waals surface area contributed by atoms with Gasteiger partial charge < -0.3 is 4.74 Å². The van der Waals surface area contributed by atoms with E-state index in [1.54, 1.807) is 0 Å². The molecule has 4 nitrogen and oxygen atoms in total. The van der Waals surface area contributed by atoms with Gasteiger partial charge in [0.1, 0.15) is 0 Å². The number of hydrogen-bond acceptors (Lipinski definition) is 4. The zero-order chi connectivity index (χ0) is 18.4. The predicted octanol–water partition coefficient (Wildman–Crippen LogP) is 3.65. The normalized spacial score (nSPS) is 10.9. The lowest BCUT2D eigenvalue weighted by Gasteiger charge is -2.06. The molecule has 0 aliphatic carbocycles. The standard InChI is InChI=1S/C8H6IN.C4F6O3/c1-6-2-3-7(5-10)4-8(6)9;5-3(6,7)1(11)13-2(12)4(8,9)10/h2-4H,1H3;. The van der Waals surface area contributed by atoms with Crippen molar-refractivity contribution >= 4 is 34.5 Å². The molecule has 0 heterocycles. The molecule has 0 fully saturated rings. The summed E-state index contributed by atoms with van der Waals surface area (Å²) in [5.74, 6) is -6.40. The van der Waals surface area contributed by atoms with Crippen LogP contribution in [0.4, 0.5) is 26.3 Å². The molecule has 0 aliphatic heterocycles. The number of carbonyl (C=O) groups is 2. The van der Waals surface area contributed by atoms with E-state index in [9.17, 15) is 35.9 Å². The van der Waals surface area contributed by atoms with Crippen molar-refractivity contribution in [3.63, 3.8) is 0 Å². The summed E-state index contributed by atoms with van der Waals surface area (Å²) in [5.41, 5.74) is 1.95. The van der Waals surface area contributed by atoms with Gasteiger partial charge in [0, 0.05) is 3.57 Å². The fourth-order valence-corrected chi connectivity index (χ4v) is 1.38. The van der Waals surface area contributed by atoms with Crippen molar-refractivity contribution in [3.05, 3.63) is 32.9 Å². The summed E-state index contributed by atoms with van der Waals surface area (Å²) < 4.78 is 70.8. The Morgan fingerprint density at radius 1 is 1.09 bits per heavy atom. The minimum absolute atomic E-state index is 0.731. The smallest absolute Gasteiger partial charge is 0.380 e. The highest BCUT2D eigenvalue weighted by atomic mass is 127. The lowest BCUT2D eigenvalue weighted by molar-refractivity contribution is -0.221. The summed E-state index contributed by atoms with van der Waals surface area (Å²) in [6.45, 7) is 2.03. The molecule has 0 amide bonds. The number of aryl methyl sites for hydroxylation is 1. The number of halogens is 7. The van der Waals surface area contributed by atoms with Gasteiger partial charge in [-0.25, -0.2) is 9.59 Å². The molecule has 0 bridgehead atoms. The van der Waals surface area contributed by atoms with E-state index in [1.165, 1.54) is 5.56 Å². The van der Waals surface area contributed by atoms with Gasteiger partial charge in [0.15, 0.2) is 0 Å². The van der Waals surface area contributed by atoms with E-state index in [0.717, 1.165) is 9.13 Å². The van der Waals surface area contributed by atoms with Crippen LogP contribution < -0.4 is 0 Å². The number of alkyl halides is 6. The maximum absolute atomic E-state index is 11.2. The van der Waals surface area contributed by atoms with Gasteiger partial charge >= 0.3 is 24.3 Å². The van der Waals surface area contributed by atoms with Crippen LogP contribution in [0.15, 0.2) is 18.2 Å². The van der Waals surface area contributed by atoms with E-state index in [0.29, 0.717) is 0 Å². The Labute approximate surface area is 139 Å². The summed E-state index contributed by atoms with van der Waals surface area (Å²) in [6.07, 6.45) is -11.2. The number of nitriles is 1. The van der Waals surface area contributed by atoms with Gasteiger partial charge in [-0.2, -0.15) is 31.6 Å². The molecule has 11 heteroatoms. The SMILES string of the molecule is Cc1ccc(C#N)cc1I.O=C(OC(=O)C(F)(F)F)C(F)(F)F. The molecular formula is C12H6F6INO3. The van der Waals surface area contributed by atoms with Crippen molar-refractivity contribution in [2.75, 3.05) is 0 Å². The number of esters is 2. The Morgan fingerprint density at radius 2 is 1.52 bits per heavy atom. The maximum atomic E-state index is 11.2. The largest absolute Gasteiger partial charge is 0.491 e. The molecule has 0 spiro atoms. The Bertz CT molecular complexity index is 609. The van der Waals surface area contributed by atoms with Crippen LogP contribution in [-0.4, -0.2) is 24.3 Å². The van der Waals surface area contributed by atoms with Crippen LogP contribution in [0.1, 0.15) is 11.1 Å². The van der Waals surface area contributed by atoms with E-state index >= 15 is 0 Å². The molecule has 1 aromatic carbocycles. The molecule has 23 heavy (non-hydrogen) atoms. The van der Waals surface area contributed by atoms with Gasteiger partial charge in [0.2, 0.25) is 0 Å². The van der Waals surface area contributed by atoms with Crippen LogP contribution in [-0.2, 0) is 14.3 Å². The van der Waals surface area contributed by atoms with Crippen molar-refractivity contribution in [2.24, 2.45) is 0 Å². The summed E-state index contributed by atoms with van der Waals surface area (Å²) in [6, 6.07) is 7.76. The Hall–Kier alpha value is -1.84. The van der Waals surface area contributed by atoms with E-state index < -0.39 is 24.3 Å². The fourth-order valence-electron chi connectivity index (χ4n) is 0.862. The first-order valence-corrected chi connectivity index (χ1v) is 6.43. The molecule has 126 valence electrons. The molecule has 0 saturated carbocycles. The highest BCUT2D eigenvalue weighted by Gasteiger charge is 2.49. The summed E-state index contributed by atoms with van der Waals surface area (Å²) >= 11 is 2.22. The average molecular weight is 453 g/mol. The number of benzene rings is 1. The molecule has 0 aromatic heterocycles. The molecule has 1 rings (SSSR count). The van der Waals surface area contributed by atoms with Crippen LogP contribution in [0.5, 0.6) is 0 Å². The third kappa shape index (κ3) is 7.82. The first-order valence-electron chi connectivity index (χ1n) is 5.35. The summed E-state index contributed by atoms with van der Waals surface area (Å²) in [7, 11) is 0. The van der Waals surface area contributed by atoms with Crippen LogP contribution >= 0.6 is 22.6 Å². The second kappa shape index (κ2) is 8.14. The second-order valence-electron chi connectivity index (χ2n) is 3.75. The molecular weight excluding hydrogens is 447 g/mol. The van der Waals surface area contributed by atoms with Crippen molar-refractivity contribution < 1.29 is 40.7 Å². The number of hydrogen-bond donors (Lipinski definition) is 0. The zero-order valence-electron chi connectivity index (χ0n) is 11.0. The third-order valence-electron chi connectivity index (χ3n) is 1.95. The van der Waals surface area contributed by atoms with Gasteiger partial charge in [-0.3, -0.25) is 0 Å². The van der Waals surface area contributed by atoms with E-state index in [4.69, 9.17) is 5.26 Å². The van der Waals surface area contributed by atoms with Gasteiger partial charge in [-0.15, -0.1) is 0 Å². The van der Waals surface area contributed by atoms with Gasteiger partial charge in [-0.1, -0.05) is 6.07 Å². The number of nitrogens with zero attached hydrogens (tertiary/aromatic N) is 1. The maximum Gasteiger partial charge on any atom is 0.491 e. The van der Waals surface area contributed by atoms with Crippen LogP contribution in [0, 0.1) is 21.8 Å². The second-order valence-corrected chi connectivity index (χ2v) is 4.91. The molecule has 0 unspecified atom stereocenters. The zero-order valence-corrected chi connectivity index (χ0v) is 13.2. The van der Waals surface area contributed by atoms with E-state index in [1.807, 2.05) is 25.1 Å². The van der Waals surface area contributed by atoms with Gasteiger partial charge in [0.05, 0.1) is 11.6 Å². The monoisotopic (exact) mass is 453 g/mol. The van der Waals surface area contributed by atoms with Crippen LogP contribution in [0.2, 0.25) is 0 Å². The average Bonchev–Trinajstić information content (AvgIpc) is 2.40. The summed E-state index contributed by atoms with van der Waals surface area (Å²) in [4.78, 5) is 19.3. The minimum Gasteiger partial charge on any atom is -0.380 e. The first kappa shape index (κ1) is 21.2. The lowest BCUT2D eigenvalue weighted by Crippen LogP contribution is -2.34. The number of rotatable bonds is 0. The van der Waals surface area contributed by atoms with Crippen LogP contribution in [0.25, 0.3) is 0 Å². The van der Waals surface area contributed by atoms with Crippen molar-refractivity contribution in [1.82, 2.24) is 0 Å². The number of carbonyl (C=O) groups excluding carboxylic acids is 2. The molecule has 0 atom stereocenters. The highest BCUT2D eigenvalue weighted by molar-refractivity contribution is 14.1. The topological polar surface area (TPSA) is 67.2 Å². The molecule has 0 radical (unpaired) electrons. The van der Waals surface area contributed by atoms with Gasteiger partial charge in [-0.05, 0) is 47.2 Å². The molecule has 0 saturated heterocycles. The predicted molar refractivity (Wildman–Crippen MR) is 71.8 cm³/mol. The Morgan fingerprint density at radius 3 is 1.83 bits per heavy atom. The number of ether oxygens (including phenoxy) is 1. The third-order valence-corrected chi connectivity index (χ3v) is 3.11. The van der Waals surface area contributed by atoms with Crippen molar-refractivity contribution in [3.8, 4) is 6.07 Å². The van der Waals surface area contributed by atoms with Crippen molar-refractivity contribution in [1.29, 1.82) is 5.26 Å². The molecule has 0 N–H and O–H groups in total. The minimum atomic E-state index is -5.62. The van der Waals surface area contributed by atoms with Crippen molar-refractivity contribution in [2.45, 2.75) is 19.3 Å². The Balaban J connectivity index is 0.000000433. The Kier molecular flexibility index (Phi) is 7.49. The van der Waals surface area contributed by atoms with Gasteiger partial charge in [0.25, 0.3) is 0 Å². The summed E-state index contributed by atoms with van der Waals surface area (Å²) in [5, 5.41) is 8.50. The first-order chi connectivity index (χ1) is 10.3. The highest BCUT2D eigenvalue weighted by Crippen LogP contribution is 2.21. The lowest BCUT2D eigenvalue weighted by atomic mass is 10.2. The van der Waals surface area contributed by atoms with Crippen LogP contribution in [0.3, 0.4) is 0 Å². The molecule has 1 aromatic rings. The fraction of sp³-hybridized carbons (Fsp3) is 0.250. The molecule has 0 aliphatic rings. The van der Waals surface area contributed by atoms with E-state index in [2.05, 4.69) is 33.4 Å². The van der Waals surface area contributed by atoms with E-state index in [-0.39, 0.29) is 0 Å². The quantitative estimate of drug-likeness (QED) is 0.261.